The molecule has 1 aromatic carbocycles. The van der Waals surface area contributed by atoms with E-state index in [1.807, 2.05) is 18.2 Å². The number of aromatic nitrogens is 3. The third kappa shape index (κ3) is 4.31. The zero-order valence-corrected chi connectivity index (χ0v) is 18.0. The quantitative estimate of drug-likeness (QED) is 0.625. The number of benzene rings is 1. The molecule has 0 aliphatic carbocycles. The van der Waals surface area contributed by atoms with Crippen molar-refractivity contribution in [3.63, 3.8) is 0 Å². The largest absolute Gasteiger partial charge is 0.387 e. The van der Waals surface area contributed by atoms with E-state index in [0.29, 0.717) is 24.9 Å². The van der Waals surface area contributed by atoms with E-state index in [1.165, 1.54) is 16.7 Å². The fourth-order valence-electron chi connectivity index (χ4n) is 3.27. The van der Waals surface area contributed by atoms with Gasteiger partial charge in [-0.3, -0.25) is 4.57 Å². The maximum absolute atomic E-state index is 13.1. The van der Waals surface area contributed by atoms with E-state index in [9.17, 15) is 14.3 Å². The Morgan fingerprint density at radius 1 is 1.24 bits per heavy atom. The van der Waals surface area contributed by atoms with Crippen LogP contribution in [-0.2, 0) is 6.54 Å². The molecule has 3 aromatic rings. The van der Waals surface area contributed by atoms with Gasteiger partial charge in [0.1, 0.15) is 11.6 Å². The Labute approximate surface area is 179 Å². The fourth-order valence-corrected chi connectivity index (χ4v) is 4.74. The van der Waals surface area contributed by atoms with Gasteiger partial charge in [0.15, 0.2) is 0 Å². The maximum atomic E-state index is 13.1. The van der Waals surface area contributed by atoms with Crippen LogP contribution in [0, 0.1) is 12.7 Å². The van der Waals surface area contributed by atoms with Gasteiger partial charge in [-0.15, -0.1) is 11.3 Å². The highest BCUT2D eigenvalue weighted by Crippen LogP contribution is 2.25. The highest BCUT2D eigenvalue weighted by molar-refractivity contribution is 9.11. The van der Waals surface area contributed by atoms with Crippen molar-refractivity contribution < 1.29 is 9.50 Å². The van der Waals surface area contributed by atoms with Gasteiger partial charge in [0.2, 0.25) is 5.95 Å². The molecule has 0 fully saturated rings. The molecule has 0 spiro atoms. The summed E-state index contributed by atoms with van der Waals surface area (Å²) < 4.78 is 15.7. The maximum Gasteiger partial charge on any atom is 0.352 e. The van der Waals surface area contributed by atoms with Crippen molar-refractivity contribution in [2.75, 3.05) is 18.0 Å². The molecule has 4 rings (SSSR count). The predicted molar refractivity (Wildman–Crippen MR) is 115 cm³/mol. The van der Waals surface area contributed by atoms with Crippen LogP contribution in [0.5, 0.6) is 0 Å². The minimum atomic E-state index is -0.788. The Balaban J connectivity index is 1.56. The van der Waals surface area contributed by atoms with Gasteiger partial charge in [0, 0.05) is 11.4 Å². The van der Waals surface area contributed by atoms with E-state index < -0.39 is 6.10 Å². The van der Waals surface area contributed by atoms with Gasteiger partial charge in [-0.2, -0.15) is 9.97 Å². The summed E-state index contributed by atoms with van der Waals surface area (Å²) in [6, 6.07) is 9.92. The van der Waals surface area contributed by atoms with E-state index in [1.54, 1.807) is 35.3 Å². The van der Waals surface area contributed by atoms with Gasteiger partial charge in [-0.1, -0.05) is 18.2 Å². The Hall–Kier alpha value is -2.36. The first kappa shape index (κ1) is 19.9. The lowest BCUT2D eigenvalue weighted by molar-refractivity contribution is 0.233. The molecule has 3 heterocycles. The molecule has 0 radical (unpaired) electrons. The number of rotatable bonds is 4. The van der Waals surface area contributed by atoms with Crippen LogP contribution in [-0.4, -0.2) is 38.8 Å². The highest BCUT2D eigenvalue weighted by Gasteiger charge is 2.24. The minimum Gasteiger partial charge on any atom is -0.387 e. The molecule has 0 unspecified atom stereocenters. The van der Waals surface area contributed by atoms with Crippen LogP contribution in [0.2, 0.25) is 0 Å². The van der Waals surface area contributed by atoms with Crippen molar-refractivity contribution in [3.05, 3.63) is 78.8 Å². The number of thiophene rings is 1. The minimum absolute atomic E-state index is 0.254. The first-order valence-corrected chi connectivity index (χ1v) is 10.6. The zero-order valence-electron chi connectivity index (χ0n) is 15.5. The monoisotopic (exact) mass is 476 g/mol. The smallest absolute Gasteiger partial charge is 0.352 e. The number of anilines is 1. The average Bonchev–Trinajstić information content (AvgIpc) is 3.10. The van der Waals surface area contributed by atoms with E-state index in [0.717, 1.165) is 19.8 Å². The Morgan fingerprint density at radius 3 is 2.62 bits per heavy atom. The number of hydrogen-bond acceptors (Lipinski definition) is 6. The van der Waals surface area contributed by atoms with Crippen LogP contribution < -0.4 is 10.6 Å². The number of hydrogen-bond donors (Lipinski definition) is 1. The molecule has 0 amide bonds. The molecule has 1 aliphatic heterocycles. The van der Waals surface area contributed by atoms with Gasteiger partial charge in [-0.05, 0) is 58.3 Å². The van der Waals surface area contributed by atoms with E-state index >= 15 is 0 Å². The van der Waals surface area contributed by atoms with Crippen molar-refractivity contribution in [1.29, 1.82) is 0 Å². The van der Waals surface area contributed by atoms with Crippen molar-refractivity contribution in [3.8, 4) is 0 Å². The van der Waals surface area contributed by atoms with Crippen LogP contribution in [0.3, 0.4) is 0 Å². The summed E-state index contributed by atoms with van der Waals surface area (Å²) in [6.07, 6.45) is 1.07. The molecule has 0 bridgehead atoms. The topological polar surface area (TPSA) is 71.2 Å². The first-order chi connectivity index (χ1) is 13.9. The molecule has 1 atom stereocenters. The van der Waals surface area contributed by atoms with Crippen LogP contribution in [0.25, 0.3) is 5.57 Å². The number of aryl methyl sites for hydroxylation is 1. The number of β-amino-alcohol motifs (C(OH)–C–C–N with tert-alkyl or cyclic N) is 1. The first-order valence-electron chi connectivity index (χ1n) is 8.99. The average molecular weight is 477 g/mol. The molecule has 1 N–H and O–H groups in total. The molecule has 6 nitrogen and oxygen atoms in total. The van der Waals surface area contributed by atoms with Gasteiger partial charge in [0.25, 0.3) is 0 Å². The molecule has 29 heavy (non-hydrogen) atoms. The third-order valence-electron chi connectivity index (χ3n) is 4.77. The zero-order chi connectivity index (χ0) is 20.5. The third-order valence-corrected chi connectivity index (χ3v) is 6.37. The van der Waals surface area contributed by atoms with Gasteiger partial charge >= 0.3 is 5.69 Å². The molecular formula is C20H18BrFN4O2S. The summed E-state index contributed by atoms with van der Waals surface area (Å²) in [5.41, 5.74) is 1.13. The number of halogens is 2. The lowest BCUT2D eigenvalue weighted by Crippen LogP contribution is -2.40. The fraction of sp³-hybridized carbons (Fsp3) is 0.250. The molecular weight excluding hydrogens is 459 g/mol. The van der Waals surface area contributed by atoms with E-state index in [-0.39, 0.29) is 18.1 Å². The van der Waals surface area contributed by atoms with E-state index in [4.69, 9.17) is 0 Å². The Morgan fingerprint density at radius 2 is 2.00 bits per heavy atom. The molecule has 0 saturated heterocycles. The second-order valence-electron chi connectivity index (χ2n) is 6.73. The molecule has 2 aromatic heterocycles. The van der Waals surface area contributed by atoms with Crippen LogP contribution in [0.1, 0.15) is 16.3 Å². The molecule has 0 saturated carbocycles. The summed E-state index contributed by atoms with van der Waals surface area (Å²) in [7, 11) is 0. The Kier molecular flexibility index (Phi) is 5.62. The standard InChI is InChI=1S/C20H18BrFN4O2S/c1-12-23-19(24-20(28)26(12)10-15-6-7-18(21)29-15)25-9-8-16(17(27)11-25)13-2-4-14(22)5-3-13/h2-8,17,27H,9-11H2,1H3/t17-/m0/s1. The van der Waals surface area contributed by atoms with Crippen molar-refractivity contribution in [1.82, 2.24) is 14.5 Å². The van der Waals surface area contributed by atoms with Gasteiger partial charge in [-0.25, -0.2) is 9.18 Å². The van der Waals surface area contributed by atoms with Crippen molar-refractivity contribution >= 4 is 38.8 Å². The van der Waals surface area contributed by atoms with Crippen molar-refractivity contribution in [2.45, 2.75) is 19.6 Å². The highest BCUT2D eigenvalue weighted by atomic mass is 79.9. The molecule has 150 valence electrons. The lowest BCUT2D eigenvalue weighted by Gasteiger charge is -2.30. The van der Waals surface area contributed by atoms with Crippen molar-refractivity contribution in [2.24, 2.45) is 0 Å². The van der Waals surface area contributed by atoms with E-state index in [2.05, 4.69) is 25.9 Å². The second kappa shape index (κ2) is 8.17. The normalized spacial score (nSPS) is 16.8. The Bertz CT molecular complexity index is 1130. The van der Waals surface area contributed by atoms with Crippen LogP contribution in [0.15, 0.2) is 51.1 Å². The van der Waals surface area contributed by atoms with Crippen LogP contribution in [0.4, 0.5) is 10.3 Å². The lowest BCUT2D eigenvalue weighted by atomic mass is 9.97. The van der Waals surface area contributed by atoms with Crippen LogP contribution >= 0.6 is 27.3 Å². The summed E-state index contributed by atoms with van der Waals surface area (Å²) >= 11 is 4.98. The van der Waals surface area contributed by atoms with Gasteiger partial charge < -0.3 is 10.0 Å². The SMILES string of the molecule is Cc1nc(N2CC=C(c3ccc(F)cc3)[C@@H](O)C2)nc(=O)n1Cc1ccc(Br)s1. The molecule has 9 heteroatoms. The predicted octanol–water partition coefficient (Wildman–Crippen LogP) is 3.22. The van der Waals surface area contributed by atoms with Gasteiger partial charge in [0.05, 0.1) is 23.0 Å². The second-order valence-corrected chi connectivity index (χ2v) is 9.28. The summed E-state index contributed by atoms with van der Waals surface area (Å²) in [5, 5.41) is 10.6. The summed E-state index contributed by atoms with van der Waals surface area (Å²) in [4.78, 5) is 24.0. The summed E-state index contributed by atoms with van der Waals surface area (Å²) in [6.45, 7) is 2.89. The molecule has 1 aliphatic rings. The number of aliphatic hydroxyl groups excluding tert-OH is 1. The number of aliphatic hydroxyl groups is 1. The summed E-state index contributed by atoms with van der Waals surface area (Å²) in [5.74, 6) is 0.539. The number of nitrogens with zero attached hydrogens (tertiary/aromatic N) is 4.